The van der Waals surface area contributed by atoms with Gasteiger partial charge in [-0.1, -0.05) is 29.8 Å². The molecule has 0 aromatic heterocycles. The molecular formula is C16H23BrN2O2. The highest BCUT2D eigenvalue weighted by atomic mass is 79.9. The Morgan fingerprint density at radius 2 is 1.81 bits per heavy atom. The van der Waals surface area contributed by atoms with E-state index >= 15 is 0 Å². The summed E-state index contributed by atoms with van der Waals surface area (Å²) in [7, 11) is 0. The first-order valence-corrected chi connectivity index (χ1v) is 7.98. The van der Waals surface area contributed by atoms with Crippen LogP contribution >= 0.6 is 15.9 Å². The normalized spacial score (nSPS) is 10.5. The Labute approximate surface area is 135 Å². The van der Waals surface area contributed by atoms with Crippen molar-refractivity contribution in [1.29, 1.82) is 0 Å². The first kappa shape index (κ1) is 17.7. The average molecular weight is 355 g/mol. The zero-order valence-electron chi connectivity index (χ0n) is 12.9. The van der Waals surface area contributed by atoms with E-state index in [2.05, 4.69) is 35.1 Å². The van der Waals surface area contributed by atoms with Crippen LogP contribution < -0.4 is 5.32 Å². The van der Waals surface area contributed by atoms with Gasteiger partial charge in [-0.3, -0.25) is 9.59 Å². The minimum atomic E-state index is -0.0758. The van der Waals surface area contributed by atoms with Crippen LogP contribution in [0.25, 0.3) is 0 Å². The first-order chi connectivity index (χ1) is 9.88. The largest absolute Gasteiger partial charge is 0.342 e. The molecule has 1 N–H and O–H groups in total. The van der Waals surface area contributed by atoms with Crippen molar-refractivity contribution in [2.75, 3.05) is 18.4 Å². The first-order valence-electron chi connectivity index (χ1n) is 7.19. The molecule has 0 atom stereocenters. The molecule has 0 heterocycles. The zero-order valence-corrected chi connectivity index (χ0v) is 14.4. The average Bonchev–Trinajstić information content (AvgIpc) is 2.40. The molecule has 0 spiro atoms. The number of halogens is 1. The number of hydrogen-bond acceptors (Lipinski definition) is 2. The van der Waals surface area contributed by atoms with Gasteiger partial charge >= 0.3 is 0 Å². The Morgan fingerprint density at radius 1 is 1.19 bits per heavy atom. The van der Waals surface area contributed by atoms with Gasteiger partial charge < -0.3 is 10.2 Å². The molecule has 0 fully saturated rings. The number of nitrogens with one attached hydrogen (secondary N) is 1. The fourth-order valence-corrected chi connectivity index (χ4v) is 2.10. The molecule has 4 nitrogen and oxygen atoms in total. The third-order valence-corrected chi connectivity index (χ3v) is 3.69. The van der Waals surface area contributed by atoms with Gasteiger partial charge in [0.15, 0.2) is 0 Å². The van der Waals surface area contributed by atoms with Gasteiger partial charge in [-0.05, 0) is 36.6 Å². The lowest BCUT2D eigenvalue weighted by molar-refractivity contribution is -0.129. The Hall–Kier alpha value is -1.36. The van der Waals surface area contributed by atoms with E-state index in [0.717, 1.165) is 16.6 Å². The van der Waals surface area contributed by atoms with Crippen LogP contribution in [0.2, 0.25) is 0 Å². The summed E-state index contributed by atoms with van der Waals surface area (Å²) in [5.41, 5.74) is 0.764. The minimum absolute atomic E-state index is 0.0205. The molecule has 2 amide bonds. The second-order valence-electron chi connectivity index (χ2n) is 5.49. The lowest BCUT2D eigenvalue weighted by Gasteiger charge is -2.21. The van der Waals surface area contributed by atoms with Gasteiger partial charge in [-0.15, -0.1) is 0 Å². The Balaban J connectivity index is 2.42. The van der Waals surface area contributed by atoms with E-state index < -0.39 is 0 Å². The molecule has 1 aromatic rings. The van der Waals surface area contributed by atoms with Crippen molar-refractivity contribution in [3.05, 3.63) is 28.7 Å². The van der Waals surface area contributed by atoms with Crippen molar-refractivity contribution in [1.82, 2.24) is 4.90 Å². The highest BCUT2D eigenvalue weighted by Crippen LogP contribution is 2.14. The van der Waals surface area contributed by atoms with E-state index in [-0.39, 0.29) is 11.8 Å². The maximum Gasteiger partial charge on any atom is 0.226 e. The van der Waals surface area contributed by atoms with Crippen LogP contribution in [0.1, 0.15) is 33.6 Å². The van der Waals surface area contributed by atoms with Crippen LogP contribution in [-0.4, -0.2) is 29.8 Å². The van der Waals surface area contributed by atoms with Crippen molar-refractivity contribution in [2.45, 2.75) is 33.6 Å². The van der Waals surface area contributed by atoms with Crippen LogP contribution in [0.15, 0.2) is 28.7 Å². The standard InChI is InChI=1S/C16H23BrN2O2/c1-12(2)8-10-19(13(3)20)11-9-16(21)18-15-6-4-14(17)5-7-15/h4-7,12H,8-11H2,1-3H3,(H,18,21). The summed E-state index contributed by atoms with van der Waals surface area (Å²) in [4.78, 5) is 25.2. The van der Waals surface area contributed by atoms with E-state index in [1.807, 2.05) is 24.3 Å². The molecule has 1 aromatic carbocycles. The summed E-state index contributed by atoms with van der Waals surface area (Å²) in [6, 6.07) is 7.42. The highest BCUT2D eigenvalue weighted by Gasteiger charge is 2.11. The maximum atomic E-state index is 11.9. The summed E-state index contributed by atoms with van der Waals surface area (Å²) in [5, 5.41) is 2.83. The molecule has 0 saturated carbocycles. The molecule has 116 valence electrons. The van der Waals surface area contributed by atoms with Crippen LogP contribution in [0.4, 0.5) is 5.69 Å². The molecule has 0 bridgehead atoms. The molecule has 0 radical (unpaired) electrons. The fraction of sp³-hybridized carbons (Fsp3) is 0.500. The number of amides is 2. The Bertz CT molecular complexity index is 472. The van der Waals surface area contributed by atoms with Crippen molar-refractivity contribution in [3.63, 3.8) is 0 Å². The summed E-state index contributed by atoms with van der Waals surface area (Å²) in [5.74, 6) is 0.489. The molecule has 0 aliphatic heterocycles. The van der Waals surface area contributed by atoms with E-state index in [0.29, 0.717) is 25.4 Å². The SMILES string of the molecule is CC(=O)N(CCC(=O)Nc1ccc(Br)cc1)CCC(C)C. The monoisotopic (exact) mass is 354 g/mol. The second kappa shape index (κ2) is 8.82. The molecular weight excluding hydrogens is 332 g/mol. The number of carbonyl (C=O) groups is 2. The summed E-state index contributed by atoms with van der Waals surface area (Å²) < 4.78 is 0.969. The number of hydrogen-bond donors (Lipinski definition) is 1. The van der Waals surface area contributed by atoms with E-state index in [1.165, 1.54) is 0 Å². The lowest BCUT2D eigenvalue weighted by atomic mass is 10.1. The molecule has 5 heteroatoms. The van der Waals surface area contributed by atoms with Gasteiger partial charge in [0.2, 0.25) is 11.8 Å². The van der Waals surface area contributed by atoms with Crippen molar-refractivity contribution < 1.29 is 9.59 Å². The van der Waals surface area contributed by atoms with Crippen molar-refractivity contribution in [2.24, 2.45) is 5.92 Å². The third-order valence-electron chi connectivity index (χ3n) is 3.16. The highest BCUT2D eigenvalue weighted by molar-refractivity contribution is 9.10. The Morgan fingerprint density at radius 3 is 2.33 bits per heavy atom. The molecule has 1 rings (SSSR count). The number of carbonyl (C=O) groups excluding carboxylic acids is 2. The van der Waals surface area contributed by atoms with Crippen LogP contribution in [0.3, 0.4) is 0 Å². The number of nitrogens with zero attached hydrogens (tertiary/aromatic N) is 1. The zero-order chi connectivity index (χ0) is 15.8. The van der Waals surface area contributed by atoms with Crippen LogP contribution in [-0.2, 0) is 9.59 Å². The summed E-state index contributed by atoms with van der Waals surface area (Å²) >= 11 is 3.35. The minimum Gasteiger partial charge on any atom is -0.342 e. The summed E-state index contributed by atoms with van der Waals surface area (Å²) in [6.45, 7) is 6.97. The van der Waals surface area contributed by atoms with Crippen LogP contribution in [0.5, 0.6) is 0 Å². The number of benzene rings is 1. The van der Waals surface area contributed by atoms with Gasteiger partial charge in [0.05, 0.1) is 0 Å². The molecule has 21 heavy (non-hydrogen) atoms. The van der Waals surface area contributed by atoms with Gasteiger partial charge in [-0.2, -0.15) is 0 Å². The summed E-state index contributed by atoms with van der Waals surface area (Å²) in [6.07, 6.45) is 1.27. The molecule has 0 unspecified atom stereocenters. The third kappa shape index (κ3) is 7.27. The number of rotatable bonds is 7. The van der Waals surface area contributed by atoms with Gasteiger partial charge in [0.1, 0.15) is 0 Å². The predicted octanol–water partition coefficient (Wildman–Crippen LogP) is 3.67. The van der Waals surface area contributed by atoms with Crippen molar-refractivity contribution >= 4 is 33.4 Å². The Kier molecular flexibility index (Phi) is 7.43. The van der Waals surface area contributed by atoms with E-state index in [1.54, 1.807) is 11.8 Å². The fourth-order valence-electron chi connectivity index (χ4n) is 1.83. The molecule has 0 aliphatic carbocycles. The smallest absolute Gasteiger partial charge is 0.226 e. The van der Waals surface area contributed by atoms with Crippen molar-refractivity contribution in [3.8, 4) is 0 Å². The second-order valence-corrected chi connectivity index (χ2v) is 6.41. The predicted molar refractivity (Wildman–Crippen MR) is 89.1 cm³/mol. The topological polar surface area (TPSA) is 49.4 Å². The van der Waals surface area contributed by atoms with Crippen LogP contribution in [0, 0.1) is 5.92 Å². The lowest BCUT2D eigenvalue weighted by Crippen LogP contribution is -2.33. The van der Waals surface area contributed by atoms with Gasteiger partial charge in [0.25, 0.3) is 0 Å². The maximum absolute atomic E-state index is 11.9. The molecule has 0 aliphatic rings. The number of anilines is 1. The van der Waals surface area contributed by atoms with Gasteiger partial charge in [0, 0.05) is 36.6 Å². The van der Waals surface area contributed by atoms with E-state index in [9.17, 15) is 9.59 Å². The van der Waals surface area contributed by atoms with E-state index in [4.69, 9.17) is 0 Å². The van der Waals surface area contributed by atoms with Gasteiger partial charge in [-0.25, -0.2) is 0 Å². The molecule has 0 saturated heterocycles. The quantitative estimate of drug-likeness (QED) is 0.811.